The van der Waals surface area contributed by atoms with E-state index in [9.17, 15) is 9.59 Å². The van der Waals surface area contributed by atoms with Gasteiger partial charge in [-0.2, -0.15) is 0 Å². The Balaban J connectivity index is 1.95. The molecule has 0 aliphatic rings. The molecule has 21 heavy (non-hydrogen) atoms. The number of carboxylic acids is 1. The van der Waals surface area contributed by atoms with Crippen LogP contribution in [-0.4, -0.2) is 23.5 Å². The zero-order chi connectivity index (χ0) is 15.1. The SMILES string of the molecule is O=C(O)c1cccc(C(=O)NCC#Cc2ccccc2)c1. The highest BCUT2D eigenvalue weighted by Crippen LogP contribution is 2.05. The van der Waals surface area contributed by atoms with Gasteiger partial charge in [-0.05, 0) is 30.3 Å². The highest BCUT2D eigenvalue weighted by molar-refractivity contribution is 5.97. The predicted molar refractivity (Wildman–Crippen MR) is 79.1 cm³/mol. The Kier molecular flexibility index (Phi) is 4.73. The molecule has 0 heterocycles. The van der Waals surface area contributed by atoms with Crippen molar-refractivity contribution in [3.05, 3.63) is 71.3 Å². The number of nitrogens with one attached hydrogen (secondary N) is 1. The summed E-state index contributed by atoms with van der Waals surface area (Å²) in [6, 6.07) is 15.3. The predicted octanol–water partition coefficient (Wildman–Crippen LogP) is 2.17. The van der Waals surface area contributed by atoms with Gasteiger partial charge >= 0.3 is 5.97 Å². The van der Waals surface area contributed by atoms with Crippen LogP contribution in [0.5, 0.6) is 0 Å². The normalized spacial score (nSPS) is 9.33. The van der Waals surface area contributed by atoms with Gasteiger partial charge in [0.1, 0.15) is 0 Å². The molecule has 0 aliphatic heterocycles. The van der Waals surface area contributed by atoms with Crippen molar-refractivity contribution in [1.29, 1.82) is 0 Å². The van der Waals surface area contributed by atoms with Gasteiger partial charge in [0.2, 0.25) is 0 Å². The van der Waals surface area contributed by atoms with Gasteiger partial charge in [-0.15, -0.1) is 0 Å². The fourth-order valence-electron chi connectivity index (χ4n) is 1.69. The average molecular weight is 279 g/mol. The lowest BCUT2D eigenvalue weighted by atomic mass is 10.1. The molecule has 1 amide bonds. The summed E-state index contributed by atoms with van der Waals surface area (Å²) in [5.74, 6) is 4.36. The molecule has 0 fully saturated rings. The van der Waals surface area contributed by atoms with Gasteiger partial charge in [-0.3, -0.25) is 4.79 Å². The molecule has 4 nitrogen and oxygen atoms in total. The second-order valence-corrected chi connectivity index (χ2v) is 4.24. The number of aromatic carboxylic acids is 1. The Hall–Kier alpha value is -3.06. The lowest BCUT2D eigenvalue weighted by Gasteiger charge is -2.02. The molecule has 0 saturated carbocycles. The minimum Gasteiger partial charge on any atom is -0.478 e. The molecule has 0 unspecified atom stereocenters. The van der Waals surface area contributed by atoms with Crippen LogP contribution in [-0.2, 0) is 0 Å². The fraction of sp³-hybridized carbons (Fsp3) is 0.0588. The monoisotopic (exact) mass is 279 g/mol. The standard InChI is InChI=1S/C17H13NO3/c19-16(14-9-4-10-15(12-14)17(20)21)18-11-5-8-13-6-2-1-3-7-13/h1-4,6-7,9-10,12H,11H2,(H,18,19)(H,20,21). The number of rotatable bonds is 3. The number of carboxylic acid groups (broad SMARTS) is 1. The van der Waals surface area contributed by atoms with Crippen molar-refractivity contribution in [3.8, 4) is 11.8 Å². The van der Waals surface area contributed by atoms with Gasteiger partial charge in [0.05, 0.1) is 12.1 Å². The van der Waals surface area contributed by atoms with Gasteiger partial charge < -0.3 is 10.4 Å². The van der Waals surface area contributed by atoms with Crippen molar-refractivity contribution in [1.82, 2.24) is 5.32 Å². The van der Waals surface area contributed by atoms with Gasteiger partial charge in [0.15, 0.2) is 0 Å². The van der Waals surface area contributed by atoms with E-state index in [1.165, 1.54) is 18.2 Å². The molecule has 0 aliphatic carbocycles. The average Bonchev–Trinajstić information content (AvgIpc) is 2.52. The van der Waals surface area contributed by atoms with E-state index in [-0.39, 0.29) is 18.0 Å². The highest BCUT2D eigenvalue weighted by Gasteiger charge is 2.08. The van der Waals surface area contributed by atoms with E-state index in [0.717, 1.165) is 5.56 Å². The van der Waals surface area contributed by atoms with Crippen LogP contribution in [0, 0.1) is 11.8 Å². The first kappa shape index (κ1) is 14.4. The number of hydrogen-bond donors (Lipinski definition) is 2. The summed E-state index contributed by atoms with van der Waals surface area (Å²) < 4.78 is 0. The lowest BCUT2D eigenvalue weighted by Crippen LogP contribution is -2.23. The zero-order valence-electron chi connectivity index (χ0n) is 11.2. The van der Waals surface area contributed by atoms with Crippen LogP contribution in [0.4, 0.5) is 0 Å². The second kappa shape index (κ2) is 6.92. The summed E-state index contributed by atoms with van der Waals surface area (Å²) in [6.07, 6.45) is 0. The van der Waals surface area contributed by atoms with E-state index in [1.807, 2.05) is 30.3 Å². The molecule has 0 radical (unpaired) electrons. The van der Waals surface area contributed by atoms with Crippen LogP contribution in [0.2, 0.25) is 0 Å². The Morgan fingerprint density at radius 3 is 2.43 bits per heavy atom. The molecule has 0 saturated heterocycles. The van der Waals surface area contributed by atoms with Crippen molar-refractivity contribution in [3.63, 3.8) is 0 Å². The first-order valence-corrected chi connectivity index (χ1v) is 6.32. The molecular weight excluding hydrogens is 266 g/mol. The molecule has 2 aromatic rings. The molecule has 2 aromatic carbocycles. The molecule has 0 atom stereocenters. The summed E-state index contributed by atoms with van der Waals surface area (Å²) in [4.78, 5) is 22.7. The number of carbonyl (C=O) groups excluding carboxylic acids is 1. The van der Waals surface area contributed by atoms with Crippen molar-refractivity contribution in [2.24, 2.45) is 0 Å². The third-order valence-corrected chi connectivity index (χ3v) is 2.72. The number of benzene rings is 2. The van der Waals surface area contributed by atoms with E-state index >= 15 is 0 Å². The van der Waals surface area contributed by atoms with Crippen LogP contribution < -0.4 is 5.32 Å². The zero-order valence-corrected chi connectivity index (χ0v) is 11.2. The minimum absolute atomic E-state index is 0.0815. The van der Waals surface area contributed by atoms with Crippen molar-refractivity contribution >= 4 is 11.9 Å². The lowest BCUT2D eigenvalue weighted by molar-refractivity contribution is 0.0697. The Bertz CT molecular complexity index is 712. The first-order valence-electron chi connectivity index (χ1n) is 6.32. The summed E-state index contributed by atoms with van der Waals surface area (Å²) in [5.41, 5.74) is 1.26. The molecule has 4 heteroatoms. The highest BCUT2D eigenvalue weighted by atomic mass is 16.4. The Morgan fingerprint density at radius 1 is 1.00 bits per heavy atom. The van der Waals surface area contributed by atoms with Crippen molar-refractivity contribution in [2.45, 2.75) is 0 Å². The first-order chi connectivity index (χ1) is 10.2. The maximum Gasteiger partial charge on any atom is 0.335 e. The molecule has 0 bridgehead atoms. The van der Waals surface area contributed by atoms with Gasteiger partial charge in [0.25, 0.3) is 5.91 Å². The Morgan fingerprint density at radius 2 is 1.71 bits per heavy atom. The van der Waals surface area contributed by atoms with E-state index in [2.05, 4.69) is 17.2 Å². The minimum atomic E-state index is -1.06. The van der Waals surface area contributed by atoms with E-state index in [0.29, 0.717) is 5.56 Å². The van der Waals surface area contributed by atoms with Gasteiger partial charge in [-0.25, -0.2) is 4.79 Å². The maximum absolute atomic E-state index is 11.9. The molecule has 0 aromatic heterocycles. The second-order valence-electron chi connectivity index (χ2n) is 4.24. The van der Waals surface area contributed by atoms with E-state index in [4.69, 9.17) is 5.11 Å². The van der Waals surface area contributed by atoms with Crippen LogP contribution in [0.3, 0.4) is 0 Å². The van der Waals surface area contributed by atoms with E-state index < -0.39 is 5.97 Å². The van der Waals surface area contributed by atoms with Crippen molar-refractivity contribution in [2.75, 3.05) is 6.54 Å². The molecular formula is C17H13NO3. The molecule has 104 valence electrons. The Labute approximate surface area is 122 Å². The number of hydrogen-bond acceptors (Lipinski definition) is 2. The quantitative estimate of drug-likeness (QED) is 0.846. The van der Waals surface area contributed by atoms with Crippen molar-refractivity contribution < 1.29 is 14.7 Å². The number of carbonyl (C=O) groups is 2. The smallest absolute Gasteiger partial charge is 0.335 e. The van der Waals surface area contributed by atoms with Crippen LogP contribution >= 0.6 is 0 Å². The maximum atomic E-state index is 11.9. The molecule has 2 N–H and O–H groups in total. The summed E-state index contributed by atoms with van der Waals surface area (Å²) in [6.45, 7) is 0.199. The summed E-state index contributed by atoms with van der Waals surface area (Å²) >= 11 is 0. The third-order valence-electron chi connectivity index (χ3n) is 2.72. The van der Waals surface area contributed by atoms with Gasteiger partial charge in [0, 0.05) is 11.1 Å². The third kappa shape index (κ3) is 4.22. The van der Waals surface area contributed by atoms with Gasteiger partial charge in [-0.1, -0.05) is 36.1 Å². The molecule has 0 spiro atoms. The fourth-order valence-corrected chi connectivity index (χ4v) is 1.69. The van der Waals surface area contributed by atoms with Crippen LogP contribution in [0.15, 0.2) is 54.6 Å². The van der Waals surface area contributed by atoms with E-state index in [1.54, 1.807) is 6.07 Å². The summed E-state index contributed by atoms with van der Waals surface area (Å²) in [5, 5.41) is 11.5. The van der Waals surface area contributed by atoms with Crippen LogP contribution in [0.25, 0.3) is 0 Å². The molecule has 2 rings (SSSR count). The van der Waals surface area contributed by atoms with Crippen LogP contribution in [0.1, 0.15) is 26.3 Å². The largest absolute Gasteiger partial charge is 0.478 e. The number of amides is 1. The topological polar surface area (TPSA) is 66.4 Å². The summed E-state index contributed by atoms with van der Waals surface area (Å²) in [7, 11) is 0.